The lowest BCUT2D eigenvalue weighted by Gasteiger charge is -2.28. The third-order valence-electron chi connectivity index (χ3n) is 5.57. The second kappa shape index (κ2) is 7.74. The Hall–Kier alpha value is -3.48. The van der Waals surface area contributed by atoms with E-state index in [0.717, 1.165) is 22.6 Å². The van der Waals surface area contributed by atoms with Crippen molar-refractivity contribution in [3.8, 4) is 5.69 Å². The van der Waals surface area contributed by atoms with Gasteiger partial charge in [0.25, 0.3) is 0 Å². The molecular weight excluding hydrogens is 383 g/mol. The molecule has 0 radical (unpaired) electrons. The summed E-state index contributed by atoms with van der Waals surface area (Å²) in [5.41, 5.74) is 4.73. The van der Waals surface area contributed by atoms with Crippen molar-refractivity contribution in [2.75, 3.05) is 12.4 Å². The van der Waals surface area contributed by atoms with Crippen LogP contribution in [-0.2, 0) is 16.1 Å². The zero-order chi connectivity index (χ0) is 21.4. The number of hydrogen-bond donors (Lipinski definition) is 1. The summed E-state index contributed by atoms with van der Waals surface area (Å²) in [6.07, 6.45) is 0.0447. The summed E-state index contributed by atoms with van der Waals surface area (Å²) in [4.78, 5) is 26.9. The Kier molecular flexibility index (Phi) is 5.11. The summed E-state index contributed by atoms with van der Waals surface area (Å²) in [6.45, 7) is 4.27. The fourth-order valence-corrected chi connectivity index (χ4v) is 3.96. The zero-order valence-electron chi connectivity index (χ0n) is 17.1. The van der Waals surface area contributed by atoms with Gasteiger partial charge in [-0.05, 0) is 43.7 Å². The van der Waals surface area contributed by atoms with Gasteiger partial charge < -0.3 is 10.2 Å². The number of benzene rings is 2. The number of carbonyl (C=O) groups excluding carboxylic acids is 2. The molecule has 0 saturated carbocycles. The Bertz CT molecular complexity index is 1120. The second-order valence-corrected chi connectivity index (χ2v) is 7.63. The van der Waals surface area contributed by atoms with Crippen LogP contribution in [0.3, 0.4) is 0 Å². The maximum atomic E-state index is 13.6. The number of likely N-dealkylation sites (N-methyl/N-ethyl adjacent to an activating group) is 1. The van der Waals surface area contributed by atoms with E-state index in [2.05, 4.69) is 10.4 Å². The molecule has 1 aromatic heterocycles. The number of nitrogens with zero attached hydrogens (tertiary/aromatic N) is 3. The van der Waals surface area contributed by atoms with Gasteiger partial charge in [0.15, 0.2) is 0 Å². The van der Waals surface area contributed by atoms with E-state index in [0.29, 0.717) is 17.8 Å². The molecule has 3 aromatic rings. The molecule has 6 nitrogen and oxygen atoms in total. The van der Waals surface area contributed by atoms with Crippen molar-refractivity contribution in [3.63, 3.8) is 0 Å². The van der Waals surface area contributed by atoms with Crippen LogP contribution in [0.4, 0.5) is 10.1 Å². The summed E-state index contributed by atoms with van der Waals surface area (Å²) in [7, 11) is 1.72. The Morgan fingerprint density at radius 1 is 1.23 bits per heavy atom. The first-order chi connectivity index (χ1) is 14.3. The molecule has 0 unspecified atom stereocenters. The maximum absolute atomic E-state index is 13.6. The fourth-order valence-electron chi connectivity index (χ4n) is 3.96. The number of aromatic nitrogens is 2. The van der Waals surface area contributed by atoms with E-state index >= 15 is 0 Å². The number of carbonyl (C=O) groups is 2. The average Bonchev–Trinajstić information content (AvgIpc) is 3.01. The van der Waals surface area contributed by atoms with Gasteiger partial charge in [0.1, 0.15) is 5.82 Å². The number of aryl methyl sites for hydroxylation is 1. The Morgan fingerprint density at radius 2 is 1.97 bits per heavy atom. The Balaban J connectivity index is 1.60. The summed E-state index contributed by atoms with van der Waals surface area (Å²) >= 11 is 0. The first-order valence-corrected chi connectivity index (χ1v) is 9.80. The van der Waals surface area contributed by atoms with Gasteiger partial charge in [-0.2, -0.15) is 5.10 Å². The highest BCUT2D eigenvalue weighted by atomic mass is 19.1. The van der Waals surface area contributed by atoms with Crippen molar-refractivity contribution < 1.29 is 14.0 Å². The SMILES string of the molecule is Cc1nn(-c2ccccc2)c(C)c1CN(C)C(=O)[C@H]1CC(=O)Nc2cc(F)ccc21. The molecule has 7 heteroatoms. The molecule has 2 aromatic carbocycles. The Morgan fingerprint density at radius 3 is 2.70 bits per heavy atom. The molecule has 2 amide bonds. The number of halogens is 1. The van der Waals surface area contributed by atoms with E-state index < -0.39 is 11.7 Å². The zero-order valence-corrected chi connectivity index (χ0v) is 17.1. The minimum atomic E-state index is -0.635. The molecule has 30 heavy (non-hydrogen) atoms. The van der Waals surface area contributed by atoms with Crippen molar-refractivity contribution in [1.29, 1.82) is 0 Å². The molecule has 1 N–H and O–H groups in total. The van der Waals surface area contributed by atoms with Gasteiger partial charge in [0, 0.05) is 37.0 Å². The molecule has 0 aliphatic carbocycles. The van der Waals surface area contributed by atoms with Crippen LogP contribution < -0.4 is 5.32 Å². The van der Waals surface area contributed by atoms with Crippen LogP contribution in [0.25, 0.3) is 5.69 Å². The van der Waals surface area contributed by atoms with Gasteiger partial charge in [-0.25, -0.2) is 9.07 Å². The normalized spacial score (nSPS) is 15.5. The monoisotopic (exact) mass is 406 g/mol. The summed E-state index contributed by atoms with van der Waals surface area (Å²) in [5, 5.41) is 7.29. The van der Waals surface area contributed by atoms with Crippen molar-refractivity contribution in [1.82, 2.24) is 14.7 Å². The van der Waals surface area contributed by atoms with Crippen LogP contribution in [0.5, 0.6) is 0 Å². The predicted molar refractivity (Wildman–Crippen MR) is 112 cm³/mol. The Labute approximate surface area is 174 Å². The molecule has 0 fully saturated rings. The van der Waals surface area contributed by atoms with E-state index in [1.807, 2.05) is 48.9 Å². The van der Waals surface area contributed by atoms with Crippen LogP contribution >= 0.6 is 0 Å². The topological polar surface area (TPSA) is 67.2 Å². The molecular formula is C23H23FN4O2. The van der Waals surface area contributed by atoms with Gasteiger partial charge in [0.2, 0.25) is 11.8 Å². The van der Waals surface area contributed by atoms with Crippen molar-refractivity contribution >= 4 is 17.5 Å². The summed E-state index contributed by atoms with van der Waals surface area (Å²) < 4.78 is 15.4. The molecule has 0 spiro atoms. The van der Waals surface area contributed by atoms with Gasteiger partial charge in [0.05, 0.1) is 17.3 Å². The molecule has 1 aliphatic heterocycles. The number of amides is 2. The third-order valence-corrected chi connectivity index (χ3v) is 5.57. The first-order valence-electron chi connectivity index (χ1n) is 9.80. The van der Waals surface area contributed by atoms with E-state index in [1.54, 1.807) is 18.0 Å². The summed E-state index contributed by atoms with van der Waals surface area (Å²) in [5.74, 6) is -1.55. The fraction of sp³-hybridized carbons (Fsp3) is 0.261. The molecule has 154 valence electrons. The molecule has 4 rings (SSSR count). The highest BCUT2D eigenvalue weighted by molar-refractivity contribution is 6.01. The molecule has 1 atom stereocenters. The third kappa shape index (κ3) is 3.58. The number of rotatable bonds is 4. The van der Waals surface area contributed by atoms with Gasteiger partial charge in [-0.3, -0.25) is 9.59 Å². The smallest absolute Gasteiger partial charge is 0.230 e. The van der Waals surface area contributed by atoms with Crippen molar-refractivity contribution in [2.24, 2.45) is 0 Å². The maximum Gasteiger partial charge on any atom is 0.230 e. The number of para-hydroxylation sites is 1. The largest absolute Gasteiger partial charge is 0.341 e. The van der Waals surface area contributed by atoms with Gasteiger partial charge in [-0.1, -0.05) is 24.3 Å². The minimum Gasteiger partial charge on any atom is -0.341 e. The van der Waals surface area contributed by atoms with Crippen LogP contribution in [0.1, 0.15) is 34.9 Å². The second-order valence-electron chi connectivity index (χ2n) is 7.63. The van der Waals surface area contributed by atoms with Gasteiger partial charge >= 0.3 is 0 Å². The van der Waals surface area contributed by atoms with Crippen LogP contribution in [-0.4, -0.2) is 33.5 Å². The molecule has 0 bridgehead atoms. The standard InChI is InChI=1S/C23H23FN4O2/c1-14-20(15(2)28(26-14)17-7-5-4-6-8-17)13-27(3)23(30)19-12-22(29)25-21-11-16(24)9-10-18(19)21/h4-11,19H,12-13H2,1-3H3,(H,25,29)/t19-/m0/s1. The molecule has 1 aliphatic rings. The number of anilines is 1. The quantitative estimate of drug-likeness (QED) is 0.718. The first kappa shape index (κ1) is 19.8. The lowest BCUT2D eigenvalue weighted by Crippen LogP contribution is -2.36. The number of nitrogens with one attached hydrogen (secondary N) is 1. The lowest BCUT2D eigenvalue weighted by atomic mass is 9.89. The minimum absolute atomic E-state index is 0.0447. The van der Waals surface area contributed by atoms with Crippen LogP contribution in [0, 0.1) is 19.7 Å². The molecule has 2 heterocycles. The van der Waals surface area contributed by atoms with E-state index in [9.17, 15) is 14.0 Å². The van der Waals surface area contributed by atoms with E-state index in [-0.39, 0.29) is 18.2 Å². The average molecular weight is 406 g/mol. The van der Waals surface area contributed by atoms with Crippen LogP contribution in [0.15, 0.2) is 48.5 Å². The lowest BCUT2D eigenvalue weighted by molar-refractivity contribution is -0.134. The predicted octanol–water partition coefficient (Wildman–Crippen LogP) is 3.71. The number of hydrogen-bond acceptors (Lipinski definition) is 3. The molecule has 0 saturated heterocycles. The number of fused-ring (bicyclic) bond motifs is 1. The summed E-state index contributed by atoms with van der Waals surface area (Å²) in [6, 6.07) is 14.0. The van der Waals surface area contributed by atoms with Crippen LogP contribution in [0.2, 0.25) is 0 Å². The highest BCUT2D eigenvalue weighted by Crippen LogP contribution is 2.34. The van der Waals surface area contributed by atoms with E-state index in [4.69, 9.17) is 0 Å². The highest BCUT2D eigenvalue weighted by Gasteiger charge is 2.33. The van der Waals surface area contributed by atoms with Crippen molar-refractivity contribution in [2.45, 2.75) is 32.7 Å². The van der Waals surface area contributed by atoms with Crippen molar-refractivity contribution in [3.05, 3.63) is 76.9 Å². The van der Waals surface area contributed by atoms with Gasteiger partial charge in [-0.15, -0.1) is 0 Å². The van der Waals surface area contributed by atoms with E-state index in [1.165, 1.54) is 12.1 Å².